The third-order valence-corrected chi connectivity index (χ3v) is 5.64. The second kappa shape index (κ2) is 8.44. The van der Waals surface area contributed by atoms with Crippen molar-refractivity contribution in [1.29, 1.82) is 0 Å². The molecule has 0 spiro atoms. The summed E-state index contributed by atoms with van der Waals surface area (Å²) in [7, 11) is 0. The fourth-order valence-electron chi connectivity index (χ4n) is 3.31. The molecule has 4 amide bonds. The van der Waals surface area contributed by atoms with Crippen molar-refractivity contribution in [2.24, 2.45) is 0 Å². The van der Waals surface area contributed by atoms with Crippen molar-refractivity contribution >= 4 is 46.8 Å². The molecule has 156 valence electrons. The van der Waals surface area contributed by atoms with Crippen LogP contribution in [0.25, 0.3) is 0 Å². The van der Waals surface area contributed by atoms with Crippen molar-refractivity contribution in [3.8, 4) is 0 Å². The quantitative estimate of drug-likeness (QED) is 0.773. The summed E-state index contributed by atoms with van der Waals surface area (Å²) < 4.78 is 0. The van der Waals surface area contributed by atoms with E-state index in [2.05, 4.69) is 10.6 Å². The summed E-state index contributed by atoms with van der Waals surface area (Å²) in [6.07, 6.45) is -0.0196. The van der Waals surface area contributed by atoms with E-state index in [0.717, 1.165) is 0 Å². The van der Waals surface area contributed by atoms with Crippen LogP contribution in [0.15, 0.2) is 24.3 Å². The lowest BCUT2D eigenvalue weighted by Gasteiger charge is -2.30. The van der Waals surface area contributed by atoms with Crippen LogP contribution in [0.5, 0.6) is 0 Å². The lowest BCUT2D eigenvalue weighted by Crippen LogP contribution is -2.52. The average Bonchev–Trinajstić information content (AvgIpc) is 3.14. The molecule has 1 unspecified atom stereocenters. The Kier molecular flexibility index (Phi) is 6.16. The van der Waals surface area contributed by atoms with Gasteiger partial charge in [-0.1, -0.05) is 12.1 Å². The number of fused-ring (bicyclic) bond motifs is 1. The summed E-state index contributed by atoms with van der Waals surface area (Å²) in [5.41, 5.74) is 0.832. The first-order valence-electron chi connectivity index (χ1n) is 9.54. The topological polar surface area (TPSA) is 98.8 Å². The molecule has 2 N–H and O–H groups in total. The summed E-state index contributed by atoms with van der Waals surface area (Å²) in [5, 5.41) is 5.65. The maximum atomic E-state index is 12.7. The minimum atomic E-state index is -0.525. The zero-order chi connectivity index (χ0) is 21.2. The van der Waals surface area contributed by atoms with E-state index in [9.17, 15) is 19.2 Å². The van der Waals surface area contributed by atoms with Crippen molar-refractivity contribution < 1.29 is 19.2 Å². The first kappa shape index (κ1) is 21.2. The minimum Gasteiger partial charge on any atom is -0.350 e. The number of para-hydroxylation sites is 2. The maximum Gasteiger partial charge on any atom is 0.244 e. The summed E-state index contributed by atoms with van der Waals surface area (Å²) in [4.78, 5) is 52.8. The summed E-state index contributed by atoms with van der Waals surface area (Å²) in [5.74, 6) is 0.0169. The number of nitrogens with one attached hydrogen (secondary N) is 2. The van der Waals surface area contributed by atoms with Gasteiger partial charge in [-0.3, -0.25) is 19.2 Å². The van der Waals surface area contributed by atoms with Crippen molar-refractivity contribution in [1.82, 2.24) is 10.2 Å². The first-order chi connectivity index (χ1) is 13.7. The van der Waals surface area contributed by atoms with Crippen molar-refractivity contribution in [2.45, 2.75) is 45.2 Å². The van der Waals surface area contributed by atoms with Gasteiger partial charge in [-0.15, -0.1) is 11.8 Å². The molecule has 0 aromatic heterocycles. The highest BCUT2D eigenvalue weighted by molar-refractivity contribution is 7.99. The molecule has 2 aliphatic heterocycles. The second-order valence-electron chi connectivity index (χ2n) is 8.16. The first-order valence-corrected chi connectivity index (χ1v) is 10.7. The molecule has 2 heterocycles. The summed E-state index contributed by atoms with van der Waals surface area (Å²) in [6, 6.07) is 6.55. The van der Waals surface area contributed by atoms with Gasteiger partial charge in [0.2, 0.25) is 23.6 Å². The van der Waals surface area contributed by atoms with Gasteiger partial charge in [0.25, 0.3) is 0 Å². The number of carbonyl (C=O) groups is 4. The lowest BCUT2D eigenvalue weighted by molar-refractivity contribution is -0.139. The van der Waals surface area contributed by atoms with Gasteiger partial charge >= 0.3 is 0 Å². The molecule has 1 aromatic carbocycles. The average molecular weight is 419 g/mol. The lowest BCUT2D eigenvalue weighted by atomic mass is 10.1. The third-order valence-electron chi connectivity index (χ3n) is 4.63. The van der Waals surface area contributed by atoms with E-state index in [-0.39, 0.29) is 48.6 Å². The highest BCUT2D eigenvalue weighted by Gasteiger charge is 2.36. The molecule has 8 nitrogen and oxygen atoms in total. The maximum absolute atomic E-state index is 12.7. The van der Waals surface area contributed by atoms with Crippen LogP contribution in [-0.2, 0) is 19.2 Å². The highest BCUT2D eigenvalue weighted by atomic mass is 32.2. The molecule has 3 rings (SSSR count). The molecule has 2 aliphatic rings. The van der Waals surface area contributed by atoms with E-state index in [1.807, 2.05) is 20.8 Å². The zero-order valence-electron chi connectivity index (χ0n) is 16.9. The van der Waals surface area contributed by atoms with E-state index in [1.165, 1.54) is 21.6 Å². The van der Waals surface area contributed by atoms with Gasteiger partial charge in [0.1, 0.15) is 12.6 Å². The van der Waals surface area contributed by atoms with Crippen molar-refractivity contribution in [3.05, 3.63) is 24.3 Å². The van der Waals surface area contributed by atoms with Crippen LogP contribution in [0, 0.1) is 0 Å². The van der Waals surface area contributed by atoms with E-state index < -0.39 is 6.04 Å². The Balaban J connectivity index is 1.61. The Morgan fingerprint density at radius 1 is 1.17 bits per heavy atom. The van der Waals surface area contributed by atoms with E-state index in [4.69, 9.17) is 0 Å². The molecular formula is C20H26N4O4S. The largest absolute Gasteiger partial charge is 0.350 e. The number of nitrogens with zero attached hydrogens (tertiary/aromatic N) is 2. The van der Waals surface area contributed by atoms with Crippen LogP contribution in [0.4, 0.5) is 11.4 Å². The predicted molar refractivity (Wildman–Crippen MR) is 113 cm³/mol. The van der Waals surface area contributed by atoms with E-state index in [1.54, 1.807) is 24.3 Å². The van der Waals surface area contributed by atoms with Gasteiger partial charge in [-0.2, -0.15) is 0 Å². The number of hydrogen-bond acceptors (Lipinski definition) is 5. The normalized spacial score (nSPS) is 18.9. The van der Waals surface area contributed by atoms with Gasteiger partial charge in [0.15, 0.2) is 0 Å². The number of benzene rings is 1. The SMILES string of the molecule is CC(C)(C)NC(=O)C1CSCN1C(=O)CCC(=O)N1CC(=O)Nc2ccccc21. The van der Waals surface area contributed by atoms with Crippen LogP contribution < -0.4 is 15.5 Å². The molecular weight excluding hydrogens is 392 g/mol. The van der Waals surface area contributed by atoms with Crippen LogP contribution >= 0.6 is 11.8 Å². The third kappa shape index (κ3) is 5.09. The molecule has 29 heavy (non-hydrogen) atoms. The molecule has 1 aromatic rings. The van der Waals surface area contributed by atoms with Gasteiger partial charge in [0, 0.05) is 24.1 Å². The fraction of sp³-hybridized carbons (Fsp3) is 0.500. The minimum absolute atomic E-state index is 0.00101. The fourth-order valence-corrected chi connectivity index (χ4v) is 4.49. The smallest absolute Gasteiger partial charge is 0.244 e. The number of rotatable bonds is 4. The van der Waals surface area contributed by atoms with Crippen molar-refractivity contribution in [2.75, 3.05) is 28.4 Å². The number of hydrogen-bond donors (Lipinski definition) is 2. The molecule has 9 heteroatoms. The second-order valence-corrected chi connectivity index (χ2v) is 9.16. The Labute approximate surface area is 174 Å². The molecule has 0 saturated carbocycles. The van der Waals surface area contributed by atoms with Crippen LogP contribution in [0.2, 0.25) is 0 Å². The van der Waals surface area contributed by atoms with Crippen LogP contribution in [0.3, 0.4) is 0 Å². The van der Waals surface area contributed by atoms with Crippen LogP contribution in [-0.4, -0.2) is 58.3 Å². The molecule has 1 fully saturated rings. The summed E-state index contributed by atoms with van der Waals surface area (Å²) >= 11 is 1.52. The van der Waals surface area contributed by atoms with Gasteiger partial charge < -0.3 is 20.4 Å². The number of carbonyl (C=O) groups excluding carboxylic acids is 4. The predicted octanol–water partition coefficient (Wildman–Crippen LogP) is 1.57. The molecule has 1 saturated heterocycles. The Morgan fingerprint density at radius 3 is 2.59 bits per heavy atom. The highest BCUT2D eigenvalue weighted by Crippen LogP contribution is 2.30. The Morgan fingerprint density at radius 2 is 1.86 bits per heavy atom. The van der Waals surface area contributed by atoms with Crippen molar-refractivity contribution in [3.63, 3.8) is 0 Å². The number of thioether (sulfide) groups is 1. The standard InChI is InChI=1S/C20H26N4O4S/c1-20(2,3)22-19(28)15-11-29-12-24(15)18(27)9-8-17(26)23-10-16(25)21-13-6-4-5-7-14(13)23/h4-7,15H,8-12H2,1-3H3,(H,21,25)(H,22,28). The van der Waals surface area contributed by atoms with Gasteiger partial charge in [-0.25, -0.2) is 0 Å². The zero-order valence-corrected chi connectivity index (χ0v) is 17.7. The monoisotopic (exact) mass is 418 g/mol. The van der Waals surface area contributed by atoms with Crippen LogP contribution in [0.1, 0.15) is 33.6 Å². The number of amides is 4. The van der Waals surface area contributed by atoms with Gasteiger partial charge in [-0.05, 0) is 32.9 Å². The van der Waals surface area contributed by atoms with E-state index in [0.29, 0.717) is 23.0 Å². The van der Waals surface area contributed by atoms with Gasteiger partial charge in [0.05, 0.1) is 17.3 Å². The molecule has 1 atom stereocenters. The molecule has 0 radical (unpaired) electrons. The Bertz CT molecular complexity index is 836. The molecule has 0 bridgehead atoms. The number of anilines is 2. The van der Waals surface area contributed by atoms with E-state index >= 15 is 0 Å². The molecule has 0 aliphatic carbocycles. The Hall–Kier alpha value is -2.55. The summed E-state index contributed by atoms with van der Waals surface area (Å²) in [6.45, 7) is 5.61.